The molecule has 6 N–H and O–H groups in total. The van der Waals surface area contributed by atoms with Crippen molar-refractivity contribution < 1.29 is 24.5 Å². The fourth-order valence-electron chi connectivity index (χ4n) is 4.15. The molecule has 0 unspecified atom stereocenters. The lowest BCUT2D eigenvalue weighted by atomic mass is 9.77. The second-order valence-corrected chi connectivity index (χ2v) is 7.75. The third-order valence-corrected chi connectivity index (χ3v) is 5.62. The van der Waals surface area contributed by atoms with Crippen molar-refractivity contribution in [3.05, 3.63) is 107 Å². The Bertz CT molecular complexity index is 1310. The van der Waals surface area contributed by atoms with Crippen molar-refractivity contribution in [1.29, 1.82) is 0 Å². The Hall–Kier alpha value is -4.65. The van der Waals surface area contributed by atoms with Gasteiger partial charge < -0.3 is 31.2 Å². The van der Waals surface area contributed by atoms with Crippen LogP contribution in [0, 0.1) is 0 Å². The molecule has 0 saturated heterocycles. The first-order chi connectivity index (χ1) is 15.9. The zero-order chi connectivity index (χ0) is 23.2. The lowest BCUT2D eigenvalue weighted by molar-refractivity contribution is 0.0224. The lowest BCUT2D eigenvalue weighted by Gasteiger charge is -2.36. The van der Waals surface area contributed by atoms with E-state index in [9.17, 15) is 15.0 Å². The average Bonchev–Trinajstić information content (AvgIpc) is 3.09. The van der Waals surface area contributed by atoms with Crippen LogP contribution in [0.15, 0.2) is 84.9 Å². The largest absolute Gasteiger partial charge is 0.508 e. The minimum atomic E-state index is -1.17. The summed E-state index contributed by atoms with van der Waals surface area (Å²) in [6, 6.07) is 23.7. The van der Waals surface area contributed by atoms with Gasteiger partial charge in [-0.2, -0.15) is 0 Å². The molecule has 0 aromatic heterocycles. The Balaban J connectivity index is 0.000000243. The van der Waals surface area contributed by atoms with E-state index in [2.05, 4.69) is 0 Å². The Morgan fingerprint density at radius 2 is 1.18 bits per heavy atom. The highest BCUT2D eigenvalue weighted by molar-refractivity contribution is 5.97. The summed E-state index contributed by atoms with van der Waals surface area (Å²) in [4.78, 5) is 12.5. The minimum Gasteiger partial charge on any atom is -0.508 e. The van der Waals surface area contributed by atoms with Crippen molar-refractivity contribution in [2.24, 2.45) is 0 Å². The van der Waals surface area contributed by atoms with Crippen LogP contribution in [0.25, 0.3) is 0 Å². The molecule has 7 heteroatoms. The molecule has 0 amide bonds. The van der Waals surface area contributed by atoms with Gasteiger partial charge >= 0.3 is 5.97 Å². The van der Waals surface area contributed by atoms with E-state index in [1.807, 2.05) is 12.1 Å². The van der Waals surface area contributed by atoms with Crippen molar-refractivity contribution in [3.63, 3.8) is 0 Å². The molecule has 0 atom stereocenters. The van der Waals surface area contributed by atoms with Crippen LogP contribution < -0.4 is 16.2 Å². The predicted octanol–water partition coefficient (Wildman–Crippen LogP) is 4.52. The summed E-state index contributed by atoms with van der Waals surface area (Å²) >= 11 is 0. The SMILES string of the molecule is Nc1ccc(N)cc1.O=C1OC2(c3ccc(O)cc3Oc3cc(O)ccc32)c2ccccc21. The number of nitrogens with two attached hydrogens (primary N) is 2. The Morgan fingerprint density at radius 1 is 0.667 bits per heavy atom. The number of fused-ring (bicyclic) bond motifs is 6. The first-order valence-electron chi connectivity index (χ1n) is 10.2. The number of rotatable bonds is 0. The van der Waals surface area contributed by atoms with Crippen LogP contribution in [0.2, 0.25) is 0 Å². The molecular formula is C26H20N2O5. The zero-order valence-electron chi connectivity index (χ0n) is 17.4. The maximum Gasteiger partial charge on any atom is 0.340 e. The number of hydrogen-bond acceptors (Lipinski definition) is 7. The summed E-state index contributed by atoms with van der Waals surface area (Å²) < 4.78 is 11.8. The van der Waals surface area contributed by atoms with Crippen molar-refractivity contribution in [2.45, 2.75) is 5.60 Å². The summed E-state index contributed by atoms with van der Waals surface area (Å²) in [5, 5.41) is 19.7. The monoisotopic (exact) mass is 440 g/mol. The number of phenolic OH excluding ortho intramolecular Hbond substituents is 2. The van der Waals surface area contributed by atoms with Crippen LogP contribution in [0.1, 0.15) is 27.0 Å². The first kappa shape index (κ1) is 20.3. The maximum atomic E-state index is 12.5. The molecule has 0 bridgehead atoms. The number of esters is 1. The van der Waals surface area contributed by atoms with Crippen LogP contribution in [0.5, 0.6) is 23.0 Å². The molecule has 33 heavy (non-hydrogen) atoms. The normalized spacial score (nSPS) is 14.1. The lowest BCUT2D eigenvalue weighted by Crippen LogP contribution is -2.32. The van der Waals surface area contributed by atoms with Crippen LogP contribution in [-0.2, 0) is 10.3 Å². The summed E-state index contributed by atoms with van der Waals surface area (Å²) in [6.07, 6.45) is 0. The summed E-state index contributed by atoms with van der Waals surface area (Å²) in [7, 11) is 0. The van der Waals surface area contributed by atoms with Gasteiger partial charge in [0.05, 0.1) is 5.56 Å². The molecule has 6 rings (SSSR count). The topological polar surface area (TPSA) is 128 Å². The van der Waals surface area contributed by atoms with Gasteiger partial charge in [0.2, 0.25) is 0 Å². The summed E-state index contributed by atoms with van der Waals surface area (Å²) in [5.74, 6) is 0.408. The van der Waals surface area contributed by atoms with Crippen molar-refractivity contribution in [3.8, 4) is 23.0 Å². The van der Waals surface area contributed by atoms with Gasteiger partial charge in [-0.3, -0.25) is 0 Å². The van der Waals surface area contributed by atoms with Gasteiger partial charge in [-0.1, -0.05) is 18.2 Å². The van der Waals surface area contributed by atoms with E-state index in [0.29, 0.717) is 33.8 Å². The van der Waals surface area contributed by atoms with Gasteiger partial charge in [0.15, 0.2) is 5.60 Å². The van der Waals surface area contributed by atoms with Crippen molar-refractivity contribution >= 4 is 17.3 Å². The number of anilines is 2. The Labute approximate surface area is 189 Å². The number of benzene rings is 4. The van der Waals surface area contributed by atoms with E-state index < -0.39 is 11.6 Å². The fourth-order valence-corrected chi connectivity index (χ4v) is 4.15. The quantitative estimate of drug-likeness (QED) is 0.234. The molecule has 164 valence electrons. The standard InChI is InChI=1S/C20H12O5.C6H8N2/c21-11-5-7-15-17(9-11)24-18-10-12(22)6-8-16(18)20(15)14-4-2-1-3-13(14)19(23)25-20;7-5-1-2-6(8)4-3-5/h1-10,21-22H;1-4H,7-8H2. The first-order valence-corrected chi connectivity index (χ1v) is 10.2. The number of ether oxygens (including phenoxy) is 2. The molecule has 2 heterocycles. The molecule has 1 spiro atoms. The van der Waals surface area contributed by atoms with Gasteiger partial charge in [0.25, 0.3) is 0 Å². The smallest absolute Gasteiger partial charge is 0.340 e. The molecule has 7 nitrogen and oxygen atoms in total. The highest BCUT2D eigenvalue weighted by atomic mass is 16.6. The molecular weight excluding hydrogens is 420 g/mol. The number of carbonyl (C=O) groups is 1. The van der Waals surface area contributed by atoms with Crippen LogP contribution in [0.4, 0.5) is 11.4 Å². The number of carbonyl (C=O) groups excluding carboxylic acids is 1. The van der Waals surface area contributed by atoms with Crippen LogP contribution in [0.3, 0.4) is 0 Å². The predicted molar refractivity (Wildman–Crippen MR) is 123 cm³/mol. The second-order valence-electron chi connectivity index (χ2n) is 7.75. The van der Waals surface area contributed by atoms with Gasteiger partial charge in [0.1, 0.15) is 23.0 Å². The number of phenols is 2. The van der Waals surface area contributed by atoms with Gasteiger partial charge in [-0.25, -0.2) is 4.79 Å². The number of hydrogen-bond donors (Lipinski definition) is 4. The molecule has 4 aromatic carbocycles. The average molecular weight is 440 g/mol. The molecule has 2 aliphatic rings. The van der Waals surface area contributed by atoms with Gasteiger partial charge in [-0.15, -0.1) is 0 Å². The Morgan fingerprint density at radius 3 is 1.73 bits per heavy atom. The van der Waals surface area contributed by atoms with Crippen LogP contribution in [-0.4, -0.2) is 16.2 Å². The van der Waals surface area contributed by atoms with E-state index >= 15 is 0 Å². The van der Waals surface area contributed by atoms with Crippen LogP contribution >= 0.6 is 0 Å². The van der Waals surface area contributed by atoms with E-state index in [4.69, 9.17) is 20.9 Å². The number of nitrogen functional groups attached to an aromatic ring is 2. The summed E-state index contributed by atoms with van der Waals surface area (Å²) in [6.45, 7) is 0. The Kier molecular flexibility index (Phi) is 4.60. The van der Waals surface area contributed by atoms with E-state index in [1.54, 1.807) is 48.5 Å². The molecule has 0 aliphatic carbocycles. The summed E-state index contributed by atoms with van der Waals surface area (Å²) in [5.41, 5.74) is 13.5. The van der Waals surface area contributed by atoms with Gasteiger partial charge in [-0.05, 0) is 54.6 Å². The highest BCUT2D eigenvalue weighted by Gasteiger charge is 2.53. The maximum absolute atomic E-state index is 12.5. The third kappa shape index (κ3) is 3.27. The zero-order valence-corrected chi connectivity index (χ0v) is 17.4. The van der Waals surface area contributed by atoms with E-state index in [-0.39, 0.29) is 11.5 Å². The van der Waals surface area contributed by atoms with E-state index in [0.717, 1.165) is 11.4 Å². The van der Waals surface area contributed by atoms with Gasteiger partial charge in [0, 0.05) is 40.2 Å². The third-order valence-electron chi connectivity index (χ3n) is 5.62. The molecule has 0 saturated carbocycles. The highest BCUT2D eigenvalue weighted by Crippen LogP contribution is 2.56. The molecule has 0 fully saturated rings. The fraction of sp³-hybridized carbons (Fsp3) is 0.0385. The van der Waals surface area contributed by atoms with E-state index in [1.165, 1.54) is 24.3 Å². The molecule has 2 aliphatic heterocycles. The number of aromatic hydroxyl groups is 2. The second kappa shape index (κ2) is 7.49. The minimum absolute atomic E-state index is 0.0371. The molecule has 0 radical (unpaired) electrons. The van der Waals surface area contributed by atoms with Crippen molar-refractivity contribution in [1.82, 2.24) is 0 Å². The van der Waals surface area contributed by atoms with Crippen molar-refractivity contribution in [2.75, 3.05) is 11.5 Å². The molecule has 4 aromatic rings.